The smallest absolute Gasteiger partial charge is 0.311 e. The van der Waals surface area contributed by atoms with Crippen molar-refractivity contribution >= 4 is 29.2 Å². The van der Waals surface area contributed by atoms with Gasteiger partial charge in [-0.3, -0.25) is 4.79 Å². The molecule has 1 fully saturated rings. The molecule has 0 aromatic heterocycles. The molecule has 0 saturated heterocycles. The second-order valence-corrected chi connectivity index (χ2v) is 7.43. The van der Waals surface area contributed by atoms with Crippen LogP contribution in [0.15, 0.2) is 53.1 Å². The summed E-state index contributed by atoms with van der Waals surface area (Å²) in [6.45, 7) is 3.96. The number of esters is 1. The molecule has 24 heavy (non-hydrogen) atoms. The highest BCUT2D eigenvalue weighted by Crippen LogP contribution is 2.60. The van der Waals surface area contributed by atoms with E-state index < -0.39 is 6.10 Å². The molecule has 0 heterocycles. The maximum absolute atomic E-state index is 12.3. The molecule has 1 aromatic rings. The summed E-state index contributed by atoms with van der Waals surface area (Å²) in [4.78, 5) is 12.3. The van der Waals surface area contributed by atoms with Crippen LogP contribution in [0.5, 0.6) is 0 Å². The van der Waals surface area contributed by atoms with Crippen molar-refractivity contribution in [2.45, 2.75) is 26.4 Å². The van der Waals surface area contributed by atoms with Gasteiger partial charge in [0.15, 0.2) is 6.10 Å². The molecule has 0 spiro atoms. The lowest BCUT2D eigenvalue weighted by Crippen LogP contribution is -2.18. The van der Waals surface area contributed by atoms with E-state index in [1.165, 1.54) is 5.56 Å². The molecule has 4 heteroatoms. The Morgan fingerprint density at radius 2 is 2.04 bits per heavy atom. The van der Waals surface area contributed by atoms with Crippen LogP contribution in [-0.2, 0) is 16.0 Å². The summed E-state index contributed by atoms with van der Waals surface area (Å²) in [6.07, 6.45) is 10.9. The van der Waals surface area contributed by atoms with Crippen LogP contribution in [0.4, 0.5) is 0 Å². The number of ether oxygens (including phenoxy) is 1. The summed E-state index contributed by atoms with van der Waals surface area (Å²) in [5.74, 6) is 1.87. The number of carbonyl (C=O) groups excluding carboxylic acids is 1. The Morgan fingerprint density at radius 1 is 1.38 bits per heavy atom. The zero-order valence-corrected chi connectivity index (χ0v) is 15.2. The number of hydrogen-bond acceptors (Lipinski definition) is 2. The van der Waals surface area contributed by atoms with E-state index in [0.29, 0.717) is 0 Å². The Balaban J connectivity index is 1.92. The van der Waals surface area contributed by atoms with Gasteiger partial charge in [-0.15, -0.1) is 6.42 Å². The lowest BCUT2D eigenvalue weighted by Gasteiger charge is -2.09. The highest BCUT2D eigenvalue weighted by molar-refractivity contribution is 6.55. The van der Waals surface area contributed by atoms with Crippen LogP contribution in [0.1, 0.15) is 19.4 Å². The van der Waals surface area contributed by atoms with Crippen LogP contribution in [-0.4, -0.2) is 12.1 Å². The maximum atomic E-state index is 12.3. The monoisotopic (exact) mass is 362 g/mol. The third kappa shape index (κ3) is 4.66. The molecule has 0 radical (unpaired) electrons. The van der Waals surface area contributed by atoms with Crippen LogP contribution < -0.4 is 0 Å². The first-order chi connectivity index (χ1) is 11.4. The number of halogens is 2. The van der Waals surface area contributed by atoms with Crippen LogP contribution in [0, 0.1) is 29.6 Å². The minimum absolute atomic E-state index is 0.0262. The molecular formula is C20H20Cl2O2. The average molecular weight is 363 g/mol. The lowest BCUT2D eigenvalue weighted by atomic mass is 10.1. The van der Waals surface area contributed by atoms with Gasteiger partial charge in [0.2, 0.25) is 0 Å². The van der Waals surface area contributed by atoms with Crippen LogP contribution in [0.2, 0.25) is 0 Å². The van der Waals surface area contributed by atoms with E-state index in [4.69, 9.17) is 34.4 Å². The van der Waals surface area contributed by atoms with Gasteiger partial charge in [-0.05, 0) is 35.5 Å². The first-order valence-electron chi connectivity index (χ1n) is 7.76. The number of terminal acetylenes is 1. The summed E-state index contributed by atoms with van der Waals surface area (Å²) in [7, 11) is 0. The Kier molecular flexibility index (Phi) is 6.15. The molecule has 1 saturated carbocycles. The molecule has 3 unspecified atom stereocenters. The van der Waals surface area contributed by atoms with Gasteiger partial charge in [-0.25, -0.2) is 0 Å². The first kappa shape index (κ1) is 18.6. The van der Waals surface area contributed by atoms with Gasteiger partial charge in [-0.2, -0.15) is 0 Å². The molecule has 0 aliphatic heterocycles. The van der Waals surface area contributed by atoms with Crippen molar-refractivity contribution < 1.29 is 9.53 Å². The molecule has 2 nitrogen and oxygen atoms in total. The minimum Gasteiger partial charge on any atom is -0.445 e. The molecule has 0 N–H and O–H groups in total. The van der Waals surface area contributed by atoms with Crippen LogP contribution >= 0.6 is 23.2 Å². The Morgan fingerprint density at radius 3 is 2.62 bits per heavy atom. The van der Waals surface area contributed by atoms with Crippen molar-refractivity contribution in [2.75, 3.05) is 0 Å². The van der Waals surface area contributed by atoms with Crippen molar-refractivity contribution in [2.24, 2.45) is 17.3 Å². The predicted molar refractivity (Wildman–Crippen MR) is 98.5 cm³/mol. The quantitative estimate of drug-likeness (QED) is 0.407. The van der Waals surface area contributed by atoms with E-state index in [-0.39, 0.29) is 27.7 Å². The van der Waals surface area contributed by atoms with Gasteiger partial charge in [-0.1, -0.05) is 79.4 Å². The molecule has 126 valence electrons. The number of rotatable bonds is 6. The molecule has 2 rings (SSSR count). The summed E-state index contributed by atoms with van der Waals surface area (Å²) >= 11 is 11.4. The van der Waals surface area contributed by atoms with E-state index in [9.17, 15) is 4.79 Å². The van der Waals surface area contributed by atoms with E-state index in [0.717, 1.165) is 6.42 Å². The number of allylic oxidation sites excluding steroid dienone is 2. The van der Waals surface area contributed by atoms with Gasteiger partial charge in [0.05, 0.1) is 5.92 Å². The molecule has 1 aliphatic carbocycles. The maximum Gasteiger partial charge on any atom is 0.311 e. The van der Waals surface area contributed by atoms with Crippen molar-refractivity contribution in [1.29, 1.82) is 0 Å². The highest BCUT2D eigenvalue weighted by Gasteiger charge is 2.61. The fourth-order valence-electron chi connectivity index (χ4n) is 2.84. The normalized spacial score (nSPS) is 22.5. The molecule has 0 bridgehead atoms. The second-order valence-electron chi connectivity index (χ2n) is 6.42. The van der Waals surface area contributed by atoms with E-state index in [2.05, 4.69) is 5.92 Å². The second kappa shape index (κ2) is 7.92. The Labute approximate surface area is 153 Å². The third-order valence-electron chi connectivity index (χ3n) is 4.38. The molecule has 3 atom stereocenters. The lowest BCUT2D eigenvalue weighted by molar-refractivity contribution is -0.147. The first-order valence-corrected chi connectivity index (χ1v) is 8.52. The van der Waals surface area contributed by atoms with Crippen molar-refractivity contribution in [3.05, 3.63) is 58.6 Å². The molecule has 1 aromatic carbocycles. The fraction of sp³-hybridized carbons (Fsp3) is 0.350. The van der Waals surface area contributed by atoms with Gasteiger partial charge in [0, 0.05) is 0 Å². The standard InChI is InChI=1S/C20H20Cl2O2/c1-4-15(12-8-11-14-9-6-5-7-10-14)24-19(23)18-16(13-17(21)22)20(18,2)3/h1,5-10,12-13,15-16,18H,11H2,2-3H3. The zero-order chi connectivity index (χ0) is 17.7. The van der Waals surface area contributed by atoms with E-state index in [1.54, 1.807) is 12.2 Å². The van der Waals surface area contributed by atoms with Gasteiger partial charge in [0.1, 0.15) is 4.49 Å². The van der Waals surface area contributed by atoms with Crippen LogP contribution in [0.3, 0.4) is 0 Å². The van der Waals surface area contributed by atoms with Crippen molar-refractivity contribution in [3.63, 3.8) is 0 Å². The zero-order valence-electron chi connectivity index (χ0n) is 13.7. The van der Waals surface area contributed by atoms with Crippen LogP contribution in [0.25, 0.3) is 0 Å². The molecule has 0 amide bonds. The van der Waals surface area contributed by atoms with Gasteiger partial charge >= 0.3 is 5.97 Å². The van der Waals surface area contributed by atoms with Gasteiger partial charge < -0.3 is 4.74 Å². The minimum atomic E-state index is -0.672. The summed E-state index contributed by atoms with van der Waals surface area (Å²) < 4.78 is 5.60. The Hall–Kier alpha value is -1.69. The summed E-state index contributed by atoms with van der Waals surface area (Å²) in [6, 6.07) is 9.98. The largest absolute Gasteiger partial charge is 0.445 e. The average Bonchev–Trinajstić information content (AvgIpc) is 3.07. The van der Waals surface area contributed by atoms with E-state index in [1.807, 2.05) is 50.3 Å². The van der Waals surface area contributed by atoms with Crippen molar-refractivity contribution in [1.82, 2.24) is 0 Å². The summed E-state index contributed by atoms with van der Waals surface area (Å²) in [5, 5.41) is 0. The molecule has 1 aliphatic rings. The predicted octanol–water partition coefficient (Wildman–Crippen LogP) is 4.92. The number of hydrogen-bond donors (Lipinski definition) is 0. The van der Waals surface area contributed by atoms with E-state index >= 15 is 0 Å². The van der Waals surface area contributed by atoms with Crippen molar-refractivity contribution in [3.8, 4) is 12.3 Å². The SMILES string of the molecule is C#CC(C=CCc1ccccc1)OC(=O)C1C(C=C(Cl)Cl)C1(C)C. The van der Waals surface area contributed by atoms with Gasteiger partial charge in [0.25, 0.3) is 0 Å². The number of benzene rings is 1. The molecular weight excluding hydrogens is 343 g/mol. The fourth-order valence-corrected chi connectivity index (χ4v) is 3.12. The highest BCUT2D eigenvalue weighted by atomic mass is 35.5. The third-order valence-corrected chi connectivity index (χ3v) is 4.64. The number of carbonyl (C=O) groups is 1. The topological polar surface area (TPSA) is 26.3 Å². The summed E-state index contributed by atoms with van der Waals surface area (Å²) in [5.41, 5.74) is 0.945. The Bertz CT molecular complexity index is 679.